The Morgan fingerprint density at radius 2 is 1.57 bits per heavy atom. The lowest BCUT2D eigenvalue weighted by Gasteiger charge is -2.58. The number of Topliss-reactive ketones (excluding diaryl/α,β-unsaturated/α-hetero) is 1. The van der Waals surface area contributed by atoms with E-state index in [-0.39, 0.29) is 28.8 Å². The number of fused-ring (bicyclic) bond motifs is 5. The minimum atomic E-state index is -0.700. The zero-order valence-corrected chi connectivity index (χ0v) is 18.3. The molecule has 3 fully saturated rings. The summed E-state index contributed by atoms with van der Waals surface area (Å²) < 4.78 is 20.6. The SMILES string of the molecule is COC(=O)OC1C=C2C[C@@H](OC(=O)OC)CC[C@]2(C)C2CC[C@]3(C)C(=O)CCC3C12. The van der Waals surface area contributed by atoms with Crippen LogP contribution in [0.3, 0.4) is 0 Å². The molecule has 0 bridgehead atoms. The van der Waals surface area contributed by atoms with Crippen LogP contribution in [0, 0.1) is 28.6 Å². The summed E-state index contributed by atoms with van der Waals surface area (Å²) in [7, 11) is 2.62. The van der Waals surface area contributed by atoms with Crippen molar-refractivity contribution in [2.45, 2.75) is 71.0 Å². The number of methoxy groups -OCH3 is 2. The molecular formula is C23H32O7. The van der Waals surface area contributed by atoms with Crippen LogP contribution >= 0.6 is 0 Å². The number of rotatable bonds is 2. The second-order valence-corrected chi connectivity index (χ2v) is 9.79. The van der Waals surface area contributed by atoms with E-state index in [2.05, 4.69) is 24.7 Å². The molecule has 0 spiro atoms. The van der Waals surface area contributed by atoms with Gasteiger partial charge in [0.1, 0.15) is 18.0 Å². The smallest absolute Gasteiger partial charge is 0.438 e. The zero-order valence-electron chi connectivity index (χ0n) is 18.3. The predicted octanol–water partition coefficient (Wildman–Crippen LogP) is 4.43. The number of carbonyl (C=O) groups excluding carboxylic acids is 3. The van der Waals surface area contributed by atoms with Crippen molar-refractivity contribution in [2.75, 3.05) is 14.2 Å². The molecule has 7 heteroatoms. The first-order valence-corrected chi connectivity index (χ1v) is 11.0. The van der Waals surface area contributed by atoms with Crippen molar-refractivity contribution >= 4 is 18.1 Å². The first-order chi connectivity index (χ1) is 14.2. The quantitative estimate of drug-likeness (QED) is 0.482. The molecule has 3 saturated carbocycles. The van der Waals surface area contributed by atoms with E-state index in [0.717, 1.165) is 32.1 Å². The summed E-state index contributed by atoms with van der Waals surface area (Å²) in [5, 5.41) is 0. The third kappa shape index (κ3) is 3.21. The second kappa shape index (κ2) is 7.57. The van der Waals surface area contributed by atoms with Crippen LogP contribution in [0.4, 0.5) is 9.59 Å². The highest BCUT2D eigenvalue weighted by Gasteiger charge is 2.61. The van der Waals surface area contributed by atoms with Gasteiger partial charge in [-0.15, -0.1) is 0 Å². The van der Waals surface area contributed by atoms with E-state index in [1.807, 2.05) is 0 Å². The lowest BCUT2D eigenvalue weighted by molar-refractivity contribution is -0.136. The summed E-state index contributed by atoms with van der Waals surface area (Å²) in [6, 6.07) is 0. The maximum absolute atomic E-state index is 12.7. The average molecular weight is 421 g/mol. The summed E-state index contributed by atoms with van der Waals surface area (Å²) in [5.74, 6) is 0.964. The lowest BCUT2D eigenvalue weighted by Crippen LogP contribution is -2.55. The topological polar surface area (TPSA) is 88.1 Å². The number of ketones is 1. The van der Waals surface area contributed by atoms with E-state index in [1.165, 1.54) is 19.8 Å². The van der Waals surface area contributed by atoms with Gasteiger partial charge in [0.05, 0.1) is 14.2 Å². The van der Waals surface area contributed by atoms with Crippen molar-refractivity contribution in [1.29, 1.82) is 0 Å². The summed E-state index contributed by atoms with van der Waals surface area (Å²) >= 11 is 0. The Morgan fingerprint density at radius 1 is 0.933 bits per heavy atom. The van der Waals surface area contributed by atoms with Crippen LogP contribution in [0.1, 0.15) is 58.8 Å². The standard InChI is InChI=1S/C23H32O7/c1-22-9-7-14(29-20(25)27-3)11-13(22)12-17(30-21(26)28-4)19-15-5-6-18(24)23(15,2)10-8-16(19)22/h12,14-17,19H,5-11H2,1-4H3/t14-,15?,16?,17?,19?,22-,23-/m0/s1. The van der Waals surface area contributed by atoms with Crippen LogP contribution in [0.15, 0.2) is 11.6 Å². The van der Waals surface area contributed by atoms with Crippen molar-refractivity contribution in [3.63, 3.8) is 0 Å². The largest absolute Gasteiger partial charge is 0.508 e. The van der Waals surface area contributed by atoms with Gasteiger partial charge in [-0.2, -0.15) is 0 Å². The zero-order chi connectivity index (χ0) is 21.7. The van der Waals surface area contributed by atoms with Gasteiger partial charge in [-0.05, 0) is 55.4 Å². The number of carbonyl (C=O) groups is 3. The molecule has 4 aliphatic carbocycles. The number of ether oxygens (including phenoxy) is 4. The lowest BCUT2D eigenvalue weighted by atomic mass is 9.47. The van der Waals surface area contributed by atoms with Gasteiger partial charge in [0.2, 0.25) is 0 Å². The van der Waals surface area contributed by atoms with Gasteiger partial charge in [0.25, 0.3) is 0 Å². The normalized spacial score (nSPS) is 42.2. The van der Waals surface area contributed by atoms with E-state index in [4.69, 9.17) is 14.2 Å². The molecule has 0 heterocycles. The van der Waals surface area contributed by atoms with Gasteiger partial charge in [0, 0.05) is 24.2 Å². The first kappa shape index (κ1) is 21.2. The number of hydrogen-bond donors (Lipinski definition) is 0. The van der Waals surface area contributed by atoms with Crippen LogP contribution in [-0.2, 0) is 23.7 Å². The van der Waals surface area contributed by atoms with Gasteiger partial charge in [-0.3, -0.25) is 4.79 Å². The Kier molecular flexibility index (Phi) is 5.35. The monoisotopic (exact) mass is 420 g/mol. The summed E-state index contributed by atoms with van der Waals surface area (Å²) in [4.78, 5) is 36.4. The van der Waals surface area contributed by atoms with Crippen LogP contribution in [0.5, 0.6) is 0 Å². The fourth-order valence-electron chi connectivity index (χ4n) is 6.92. The van der Waals surface area contributed by atoms with Crippen molar-refractivity contribution in [1.82, 2.24) is 0 Å². The Hall–Kier alpha value is -2.05. The first-order valence-electron chi connectivity index (χ1n) is 11.0. The third-order valence-corrected chi connectivity index (χ3v) is 8.60. The van der Waals surface area contributed by atoms with Gasteiger partial charge < -0.3 is 18.9 Å². The van der Waals surface area contributed by atoms with Crippen LogP contribution in [-0.4, -0.2) is 44.5 Å². The fraction of sp³-hybridized carbons (Fsp3) is 0.783. The molecule has 0 amide bonds. The van der Waals surface area contributed by atoms with Gasteiger partial charge >= 0.3 is 12.3 Å². The summed E-state index contributed by atoms with van der Waals surface area (Å²) in [6.45, 7) is 4.39. The summed E-state index contributed by atoms with van der Waals surface area (Å²) in [5.41, 5.74) is 0.792. The molecule has 4 rings (SSSR count). The molecule has 0 N–H and O–H groups in total. The van der Waals surface area contributed by atoms with E-state index in [1.54, 1.807) is 0 Å². The Morgan fingerprint density at radius 3 is 2.27 bits per heavy atom. The molecule has 4 unspecified atom stereocenters. The maximum Gasteiger partial charge on any atom is 0.508 e. The molecule has 0 saturated heterocycles. The number of hydrogen-bond acceptors (Lipinski definition) is 7. The molecule has 0 aromatic rings. The molecule has 0 aromatic heterocycles. The van der Waals surface area contributed by atoms with Crippen molar-refractivity contribution in [3.8, 4) is 0 Å². The minimum absolute atomic E-state index is 0.0520. The molecule has 0 radical (unpaired) electrons. The molecule has 4 aliphatic rings. The van der Waals surface area contributed by atoms with Crippen molar-refractivity contribution in [2.24, 2.45) is 28.6 Å². The van der Waals surface area contributed by atoms with Crippen LogP contribution in [0.2, 0.25) is 0 Å². The summed E-state index contributed by atoms with van der Waals surface area (Å²) in [6.07, 6.45) is 5.56. The molecule has 0 aromatic carbocycles. The Labute approximate surface area is 177 Å². The van der Waals surface area contributed by atoms with Gasteiger partial charge in [-0.25, -0.2) is 9.59 Å². The Balaban J connectivity index is 1.69. The van der Waals surface area contributed by atoms with E-state index >= 15 is 0 Å². The molecular weight excluding hydrogens is 388 g/mol. The van der Waals surface area contributed by atoms with Gasteiger partial charge in [-0.1, -0.05) is 19.4 Å². The van der Waals surface area contributed by atoms with E-state index < -0.39 is 18.4 Å². The van der Waals surface area contributed by atoms with E-state index in [0.29, 0.717) is 24.5 Å². The minimum Gasteiger partial charge on any atom is -0.438 e. The highest BCUT2D eigenvalue weighted by molar-refractivity contribution is 5.87. The van der Waals surface area contributed by atoms with Crippen LogP contribution < -0.4 is 0 Å². The average Bonchev–Trinajstić information content (AvgIpc) is 3.03. The van der Waals surface area contributed by atoms with Gasteiger partial charge in [0.15, 0.2) is 0 Å². The molecule has 0 aliphatic heterocycles. The molecule has 166 valence electrons. The van der Waals surface area contributed by atoms with Crippen molar-refractivity contribution < 1.29 is 33.3 Å². The van der Waals surface area contributed by atoms with E-state index in [9.17, 15) is 14.4 Å². The van der Waals surface area contributed by atoms with Crippen LogP contribution in [0.25, 0.3) is 0 Å². The molecule has 30 heavy (non-hydrogen) atoms. The van der Waals surface area contributed by atoms with Crippen molar-refractivity contribution in [3.05, 3.63) is 11.6 Å². The Bertz CT molecular complexity index is 774. The predicted molar refractivity (Wildman–Crippen MR) is 107 cm³/mol. The second-order valence-electron chi connectivity index (χ2n) is 9.79. The molecule has 7 atom stereocenters. The highest BCUT2D eigenvalue weighted by Crippen LogP contribution is 2.64. The maximum atomic E-state index is 12.7. The third-order valence-electron chi connectivity index (χ3n) is 8.60. The fourth-order valence-corrected chi connectivity index (χ4v) is 6.92. The highest BCUT2D eigenvalue weighted by atomic mass is 16.7. The molecule has 7 nitrogen and oxygen atoms in total.